The van der Waals surface area contributed by atoms with Gasteiger partial charge in [-0.2, -0.15) is 0 Å². The van der Waals surface area contributed by atoms with Crippen LogP contribution in [0.25, 0.3) is 0 Å². The monoisotopic (exact) mass is 434 g/mol. The second kappa shape index (κ2) is 9.05. The lowest BCUT2D eigenvalue weighted by Crippen LogP contribution is -2.30. The quantitative estimate of drug-likeness (QED) is 0.426. The standard InChI is InChI=1S/C24H22N2O6/c1-31-18-6-4-5-16(13-18)25-21(27)14-32-24(30)15-9-11-17(12-10-15)26-22(28)19-7-2-3-8-20(19)23(26)29/h2-6,9-13,19-20H,7-8,14H2,1H3,(H,25,27)/t19-,20-/m0/s1. The number of rotatable bonds is 6. The molecule has 1 aliphatic heterocycles. The maximum atomic E-state index is 12.7. The molecule has 0 aromatic heterocycles. The average molecular weight is 434 g/mol. The Morgan fingerprint density at radius 3 is 2.28 bits per heavy atom. The maximum absolute atomic E-state index is 12.7. The van der Waals surface area contributed by atoms with Gasteiger partial charge >= 0.3 is 5.97 Å². The van der Waals surface area contributed by atoms with Crippen LogP contribution in [0.4, 0.5) is 11.4 Å². The van der Waals surface area contributed by atoms with Crippen LogP contribution < -0.4 is 15.0 Å². The molecule has 0 saturated carbocycles. The summed E-state index contributed by atoms with van der Waals surface area (Å²) in [6, 6.07) is 12.8. The molecule has 2 aromatic rings. The lowest BCUT2D eigenvalue weighted by molar-refractivity contribution is -0.122. The summed E-state index contributed by atoms with van der Waals surface area (Å²) < 4.78 is 10.2. The Hall–Kier alpha value is -3.94. The number of ether oxygens (including phenoxy) is 2. The number of hydrogen-bond acceptors (Lipinski definition) is 6. The molecule has 1 fully saturated rings. The van der Waals surface area contributed by atoms with Gasteiger partial charge in [-0.3, -0.25) is 19.3 Å². The van der Waals surface area contributed by atoms with Gasteiger partial charge in [0.25, 0.3) is 5.91 Å². The van der Waals surface area contributed by atoms with Gasteiger partial charge in [-0.15, -0.1) is 0 Å². The van der Waals surface area contributed by atoms with Crippen LogP contribution in [-0.4, -0.2) is 37.4 Å². The average Bonchev–Trinajstić information content (AvgIpc) is 3.08. The summed E-state index contributed by atoms with van der Waals surface area (Å²) in [5, 5.41) is 2.62. The fraction of sp³-hybridized carbons (Fsp3) is 0.250. The van der Waals surface area contributed by atoms with E-state index < -0.39 is 18.5 Å². The molecule has 3 amide bonds. The van der Waals surface area contributed by atoms with Crippen LogP contribution in [0.3, 0.4) is 0 Å². The second-order valence-electron chi connectivity index (χ2n) is 7.57. The van der Waals surface area contributed by atoms with E-state index in [-0.39, 0.29) is 29.2 Å². The molecular weight excluding hydrogens is 412 g/mol. The number of methoxy groups -OCH3 is 1. The minimum absolute atomic E-state index is 0.209. The Morgan fingerprint density at radius 1 is 1.00 bits per heavy atom. The molecule has 164 valence electrons. The fourth-order valence-corrected chi connectivity index (χ4v) is 3.91. The van der Waals surface area contributed by atoms with E-state index in [0.717, 1.165) is 0 Å². The van der Waals surface area contributed by atoms with Gasteiger partial charge in [0.05, 0.1) is 30.2 Å². The molecule has 4 rings (SSSR count). The van der Waals surface area contributed by atoms with E-state index in [1.165, 1.54) is 36.3 Å². The zero-order valence-electron chi connectivity index (χ0n) is 17.4. The summed E-state index contributed by atoms with van der Waals surface area (Å²) in [7, 11) is 1.52. The highest BCUT2D eigenvalue weighted by Gasteiger charge is 2.47. The molecule has 0 spiro atoms. The number of benzene rings is 2. The summed E-state index contributed by atoms with van der Waals surface area (Å²) in [5.74, 6) is -1.66. The number of carbonyl (C=O) groups excluding carboxylic acids is 4. The lowest BCUT2D eigenvalue weighted by Gasteiger charge is -2.15. The first kappa shape index (κ1) is 21.3. The fourth-order valence-electron chi connectivity index (χ4n) is 3.91. The number of nitrogens with zero attached hydrogens (tertiary/aromatic N) is 1. The third-order valence-corrected chi connectivity index (χ3v) is 5.56. The summed E-state index contributed by atoms with van der Waals surface area (Å²) in [5.41, 5.74) is 1.15. The van der Waals surface area contributed by atoms with E-state index in [1.807, 2.05) is 12.2 Å². The van der Waals surface area contributed by atoms with Crippen molar-refractivity contribution in [2.45, 2.75) is 12.8 Å². The Balaban J connectivity index is 1.35. The maximum Gasteiger partial charge on any atom is 0.338 e. The van der Waals surface area contributed by atoms with Crippen molar-refractivity contribution in [1.82, 2.24) is 0 Å². The van der Waals surface area contributed by atoms with Crippen LogP contribution in [-0.2, 0) is 19.1 Å². The van der Waals surface area contributed by atoms with Gasteiger partial charge < -0.3 is 14.8 Å². The van der Waals surface area contributed by atoms with Crippen molar-refractivity contribution in [1.29, 1.82) is 0 Å². The molecule has 1 aliphatic carbocycles. The normalized spacial score (nSPS) is 19.5. The number of fused-ring (bicyclic) bond motifs is 1. The van der Waals surface area contributed by atoms with Gasteiger partial charge in [-0.1, -0.05) is 18.2 Å². The third-order valence-electron chi connectivity index (χ3n) is 5.56. The molecule has 2 aromatic carbocycles. The molecular formula is C24H22N2O6. The molecule has 1 N–H and O–H groups in total. The van der Waals surface area contributed by atoms with Crippen LogP contribution in [0.1, 0.15) is 23.2 Å². The highest BCUT2D eigenvalue weighted by molar-refractivity contribution is 6.22. The topological polar surface area (TPSA) is 102 Å². The van der Waals surface area contributed by atoms with Gasteiger partial charge in [0.15, 0.2) is 6.61 Å². The molecule has 2 aliphatic rings. The zero-order chi connectivity index (χ0) is 22.7. The van der Waals surface area contributed by atoms with Crippen molar-refractivity contribution >= 4 is 35.1 Å². The first-order valence-corrected chi connectivity index (χ1v) is 10.2. The Labute approximate surface area is 184 Å². The third kappa shape index (κ3) is 4.25. The molecule has 0 radical (unpaired) electrons. The second-order valence-corrected chi connectivity index (χ2v) is 7.57. The van der Waals surface area contributed by atoms with E-state index in [1.54, 1.807) is 24.3 Å². The van der Waals surface area contributed by atoms with Gasteiger partial charge in [0, 0.05) is 11.8 Å². The molecule has 8 nitrogen and oxygen atoms in total. The van der Waals surface area contributed by atoms with Crippen LogP contribution in [0.2, 0.25) is 0 Å². The van der Waals surface area contributed by atoms with Gasteiger partial charge in [0.1, 0.15) is 5.75 Å². The summed E-state index contributed by atoms with van der Waals surface area (Å²) in [6.07, 6.45) is 4.99. The molecule has 1 heterocycles. The SMILES string of the molecule is COc1cccc(NC(=O)COC(=O)c2ccc(N3C(=O)[C@H]4CC=CC[C@@H]4C3=O)cc2)c1. The van der Waals surface area contributed by atoms with Gasteiger partial charge in [-0.05, 0) is 49.2 Å². The summed E-state index contributed by atoms with van der Waals surface area (Å²) in [4.78, 5) is 50.9. The predicted octanol–water partition coefficient (Wildman–Crippen LogP) is 2.95. The number of nitrogens with one attached hydrogen (secondary N) is 1. The number of allylic oxidation sites excluding steroid dienone is 2. The smallest absolute Gasteiger partial charge is 0.338 e. The zero-order valence-corrected chi connectivity index (χ0v) is 17.4. The first-order valence-electron chi connectivity index (χ1n) is 10.2. The number of imide groups is 1. The minimum Gasteiger partial charge on any atom is -0.497 e. The van der Waals surface area contributed by atoms with E-state index in [4.69, 9.17) is 9.47 Å². The Kier molecular flexibility index (Phi) is 6.02. The number of anilines is 2. The van der Waals surface area contributed by atoms with Gasteiger partial charge in [-0.25, -0.2) is 4.79 Å². The van der Waals surface area contributed by atoms with E-state index in [9.17, 15) is 19.2 Å². The summed E-state index contributed by atoms with van der Waals surface area (Å²) >= 11 is 0. The van der Waals surface area contributed by atoms with Crippen molar-refractivity contribution in [2.75, 3.05) is 23.9 Å². The Morgan fingerprint density at radius 2 is 1.66 bits per heavy atom. The van der Waals surface area contributed by atoms with Crippen LogP contribution in [0.15, 0.2) is 60.7 Å². The molecule has 0 unspecified atom stereocenters. The molecule has 32 heavy (non-hydrogen) atoms. The van der Waals surface area contributed by atoms with Crippen molar-refractivity contribution in [3.05, 3.63) is 66.2 Å². The molecule has 1 saturated heterocycles. The Bertz CT molecular complexity index is 1070. The van der Waals surface area contributed by atoms with Crippen molar-refractivity contribution in [3.8, 4) is 5.75 Å². The summed E-state index contributed by atoms with van der Waals surface area (Å²) in [6.45, 7) is -0.461. The van der Waals surface area contributed by atoms with Crippen molar-refractivity contribution in [2.24, 2.45) is 11.8 Å². The van der Waals surface area contributed by atoms with Crippen LogP contribution in [0.5, 0.6) is 5.75 Å². The highest BCUT2D eigenvalue weighted by atomic mass is 16.5. The van der Waals surface area contributed by atoms with Crippen LogP contribution in [0, 0.1) is 11.8 Å². The first-order chi connectivity index (χ1) is 15.5. The van der Waals surface area contributed by atoms with Crippen molar-refractivity contribution < 1.29 is 28.7 Å². The lowest BCUT2D eigenvalue weighted by atomic mass is 9.85. The van der Waals surface area contributed by atoms with E-state index in [2.05, 4.69) is 5.32 Å². The predicted molar refractivity (Wildman–Crippen MR) is 116 cm³/mol. The number of hydrogen-bond donors (Lipinski definition) is 1. The van der Waals surface area contributed by atoms with Gasteiger partial charge in [0.2, 0.25) is 11.8 Å². The van der Waals surface area contributed by atoms with Crippen molar-refractivity contribution in [3.63, 3.8) is 0 Å². The number of esters is 1. The number of carbonyl (C=O) groups is 4. The largest absolute Gasteiger partial charge is 0.497 e. The molecule has 2 atom stereocenters. The molecule has 8 heteroatoms. The number of amides is 3. The van der Waals surface area contributed by atoms with Crippen LogP contribution >= 0.6 is 0 Å². The van der Waals surface area contributed by atoms with E-state index in [0.29, 0.717) is 30.0 Å². The molecule has 0 bridgehead atoms. The highest BCUT2D eigenvalue weighted by Crippen LogP contribution is 2.37. The minimum atomic E-state index is -0.686. The van der Waals surface area contributed by atoms with E-state index >= 15 is 0 Å².